The predicted molar refractivity (Wildman–Crippen MR) is 120 cm³/mol. The van der Waals surface area contributed by atoms with E-state index < -0.39 is 0 Å². The quantitative estimate of drug-likeness (QED) is 0.604. The first kappa shape index (κ1) is 22.1. The minimum absolute atomic E-state index is 0.159. The van der Waals surface area contributed by atoms with E-state index in [1.165, 1.54) is 37.7 Å². The number of aliphatic hydroxyl groups is 1. The minimum Gasteiger partial charge on any atom is -0.395 e. The van der Waals surface area contributed by atoms with Crippen LogP contribution < -0.4 is 0 Å². The van der Waals surface area contributed by atoms with Crippen LogP contribution in [0.15, 0.2) is 11.6 Å². The number of rotatable bonds is 4. The van der Waals surface area contributed by atoms with Gasteiger partial charge in [-0.3, -0.25) is 4.79 Å². The molecule has 0 spiro atoms. The maximum absolute atomic E-state index is 12.2. The summed E-state index contributed by atoms with van der Waals surface area (Å²) in [4.78, 5) is 12.2. The zero-order valence-corrected chi connectivity index (χ0v) is 19.8. The van der Waals surface area contributed by atoms with E-state index in [0.717, 1.165) is 38.5 Å². The Kier molecular flexibility index (Phi) is 5.67. The molecule has 4 saturated carbocycles. The van der Waals surface area contributed by atoms with Crippen LogP contribution in [0.3, 0.4) is 0 Å². The fourth-order valence-electron chi connectivity index (χ4n) is 8.90. The van der Waals surface area contributed by atoms with Gasteiger partial charge in [0.25, 0.3) is 0 Å². The second-order valence-corrected chi connectivity index (χ2v) is 11.8. The summed E-state index contributed by atoms with van der Waals surface area (Å²) in [6.45, 7) is 4.99. The molecular weight excluding hydrogens is 388 g/mol. The van der Waals surface area contributed by atoms with Crippen LogP contribution >= 0.6 is 0 Å². The van der Waals surface area contributed by atoms with Crippen molar-refractivity contribution < 1.29 is 19.4 Å². The standard InChI is InChI=1S/C27H42O4/c1-18-15-20-21-7-8-24(31-27(30-3)11-5-4-6-12-27)25(21,2)13-10-22(20)26(17-28)14-9-19(29)16-23(18)26/h16,18,20-22,24,28H,4-15,17H2,1-3H3/t18-,20-,21-,22-,24-,25-,26-/m0/s1. The maximum Gasteiger partial charge on any atom is 0.168 e. The van der Waals surface area contributed by atoms with Gasteiger partial charge in [0.05, 0.1) is 12.7 Å². The summed E-state index contributed by atoms with van der Waals surface area (Å²) in [6.07, 6.45) is 15.2. The molecule has 0 saturated heterocycles. The van der Waals surface area contributed by atoms with Gasteiger partial charge in [-0.1, -0.05) is 25.8 Å². The number of carbonyl (C=O) groups is 1. The van der Waals surface area contributed by atoms with Gasteiger partial charge in [-0.15, -0.1) is 0 Å². The highest BCUT2D eigenvalue weighted by Crippen LogP contribution is 2.67. The smallest absolute Gasteiger partial charge is 0.168 e. The van der Waals surface area contributed by atoms with E-state index in [9.17, 15) is 9.90 Å². The Morgan fingerprint density at radius 2 is 1.84 bits per heavy atom. The van der Waals surface area contributed by atoms with Gasteiger partial charge >= 0.3 is 0 Å². The van der Waals surface area contributed by atoms with Crippen molar-refractivity contribution in [3.05, 3.63) is 11.6 Å². The molecule has 174 valence electrons. The number of hydrogen-bond donors (Lipinski definition) is 1. The molecule has 0 heterocycles. The van der Waals surface area contributed by atoms with Crippen LogP contribution in [0.5, 0.6) is 0 Å². The van der Waals surface area contributed by atoms with E-state index in [4.69, 9.17) is 9.47 Å². The fourth-order valence-corrected chi connectivity index (χ4v) is 8.90. The predicted octanol–water partition coefficient (Wildman–Crippen LogP) is 5.43. The zero-order valence-electron chi connectivity index (χ0n) is 19.8. The van der Waals surface area contributed by atoms with Gasteiger partial charge in [-0.05, 0) is 86.5 Å². The first-order valence-electron chi connectivity index (χ1n) is 13.0. The van der Waals surface area contributed by atoms with Crippen molar-refractivity contribution in [3.8, 4) is 0 Å². The van der Waals surface area contributed by atoms with Crippen LogP contribution in [0.2, 0.25) is 0 Å². The van der Waals surface area contributed by atoms with E-state index >= 15 is 0 Å². The molecule has 4 fully saturated rings. The molecule has 0 amide bonds. The average Bonchev–Trinajstić information content (AvgIpc) is 3.11. The van der Waals surface area contributed by atoms with E-state index in [1.54, 1.807) is 0 Å². The molecule has 0 aromatic rings. The second kappa shape index (κ2) is 7.95. The van der Waals surface area contributed by atoms with E-state index in [1.807, 2.05) is 13.2 Å². The van der Waals surface area contributed by atoms with Crippen molar-refractivity contribution in [1.82, 2.24) is 0 Å². The van der Waals surface area contributed by atoms with Gasteiger partial charge in [0.15, 0.2) is 11.6 Å². The topological polar surface area (TPSA) is 55.8 Å². The lowest BCUT2D eigenvalue weighted by atomic mass is 9.45. The Morgan fingerprint density at radius 3 is 2.55 bits per heavy atom. The lowest BCUT2D eigenvalue weighted by Gasteiger charge is -2.60. The summed E-state index contributed by atoms with van der Waals surface area (Å²) in [6, 6.07) is 0. The number of carbonyl (C=O) groups excluding carboxylic acids is 1. The van der Waals surface area contributed by atoms with Crippen molar-refractivity contribution in [3.63, 3.8) is 0 Å². The molecule has 0 unspecified atom stereocenters. The van der Waals surface area contributed by atoms with Crippen molar-refractivity contribution >= 4 is 5.78 Å². The minimum atomic E-state index is -0.372. The largest absolute Gasteiger partial charge is 0.395 e. The summed E-state index contributed by atoms with van der Waals surface area (Å²) in [5.41, 5.74) is 1.31. The van der Waals surface area contributed by atoms with Gasteiger partial charge in [-0.25, -0.2) is 0 Å². The normalized spacial score (nSPS) is 46.6. The third-order valence-corrected chi connectivity index (χ3v) is 10.6. The van der Waals surface area contributed by atoms with Gasteiger partial charge in [-0.2, -0.15) is 0 Å². The number of aliphatic hydroxyl groups excluding tert-OH is 1. The Morgan fingerprint density at radius 1 is 1.06 bits per heavy atom. The highest BCUT2D eigenvalue weighted by Gasteiger charge is 2.62. The maximum atomic E-state index is 12.2. The molecule has 0 aromatic carbocycles. The van der Waals surface area contributed by atoms with Crippen LogP contribution in [-0.4, -0.2) is 36.5 Å². The van der Waals surface area contributed by atoms with Crippen molar-refractivity contribution in [1.29, 1.82) is 0 Å². The Balaban J connectivity index is 1.42. The van der Waals surface area contributed by atoms with Crippen LogP contribution in [0, 0.1) is 34.5 Å². The molecule has 31 heavy (non-hydrogen) atoms. The zero-order chi connectivity index (χ0) is 21.9. The third kappa shape index (κ3) is 3.30. The molecule has 5 rings (SSSR count). The second-order valence-electron chi connectivity index (χ2n) is 11.8. The molecule has 0 aromatic heterocycles. The number of methoxy groups -OCH3 is 1. The average molecular weight is 431 g/mol. The molecule has 7 atom stereocenters. The monoisotopic (exact) mass is 430 g/mol. The summed E-state index contributed by atoms with van der Waals surface area (Å²) in [7, 11) is 1.84. The van der Waals surface area contributed by atoms with Gasteiger partial charge in [0.1, 0.15) is 0 Å². The van der Waals surface area contributed by atoms with Crippen LogP contribution in [0.1, 0.15) is 90.9 Å². The van der Waals surface area contributed by atoms with E-state index in [0.29, 0.717) is 30.1 Å². The van der Waals surface area contributed by atoms with Gasteiger partial charge < -0.3 is 14.6 Å². The molecule has 1 N–H and O–H groups in total. The summed E-state index contributed by atoms with van der Waals surface area (Å²) < 4.78 is 12.9. The van der Waals surface area contributed by atoms with Gasteiger partial charge in [0.2, 0.25) is 0 Å². The molecule has 0 aliphatic heterocycles. The lowest BCUT2D eigenvalue weighted by molar-refractivity contribution is -0.280. The highest BCUT2D eigenvalue weighted by atomic mass is 16.7. The molecule has 0 bridgehead atoms. The number of ether oxygens (including phenoxy) is 2. The van der Waals surface area contributed by atoms with Crippen LogP contribution in [0.4, 0.5) is 0 Å². The number of fused-ring (bicyclic) bond motifs is 5. The van der Waals surface area contributed by atoms with Crippen LogP contribution in [-0.2, 0) is 14.3 Å². The SMILES string of the molecule is COC1(O[C@H]2CC[C@H]3[C@@H]4C[C@H](C)C5=CC(=O)CC[C@]5(CO)[C@H]4CC[C@]23C)CCCCC1. The van der Waals surface area contributed by atoms with Gasteiger partial charge in [0, 0.05) is 31.8 Å². The summed E-state index contributed by atoms with van der Waals surface area (Å²) >= 11 is 0. The molecule has 4 heteroatoms. The van der Waals surface area contributed by atoms with Crippen LogP contribution in [0.25, 0.3) is 0 Å². The molecule has 0 radical (unpaired) electrons. The van der Waals surface area contributed by atoms with E-state index in [-0.39, 0.29) is 35.1 Å². The molecule has 5 aliphatic rings. The molecule has 4 nitrogen and oxygen atoms in total. The lowest BCUT2D eigenvalue weighted by Crippen LogP contribution is -2.56. The van der Waals surface area contributed by atoms with E-state index in [2.05, 4.69) is 13.8 Å². The molecular formula is C27H42O4. The summed E-state index contributed by atoms with van der Waals surface area (Å²) in [5.74, 6) is 2.07. The van der Waals surface area contributed by atoms with Crippen molar-refractivity contribution in [2.45, 2.75) is 103 Å². The first-order valence-corrected chi connectivity index (χ1v) is 13.0. The Labute approximate surface area is 188 Å². The van der Waals surface area contributed by atoms with Crippen molar-refractivity contribution in [2.75, 3.05) is 13.7 Å². The Hall–Kier alpha value is -0.710. The number of hydrogen-bond acceptors (Lipinski definition) is 4. The number of ketones is 1. The molecule has 5 aliphatic carbocycles. The summed E-state index contributed by atoms with van der Waals surface area (Å²) in [5, 5.41) is 10.7. The Bertz CT molecular complexity index is 738. The van der Waals surface area contributed by atoms with Crippen molar-refractivity contribution in [2.24, 2.45) is 34.5 Å². The highest BCUT2D eigenvalue weighted by molar-refractivity contribution is 5.91. The third-order valence-electron chi connectivity index (χ3n) is 10.6. The first-order chi connectivity index (χ1) is 14.9. The fraction of sp³-hybridized carbons (Fsp3) is 0.889.